The Morgan fingerprint density at radius 3 is 2.54 bits per heavy atom. The fourth-order valence-corrected chi connectivity index (χ4v) is 4.32. The van der Waals surface area contributed by atoms with Gasteiger partial charge in [0.25, 0.3) is 0 Å². The van der Waals surface area contributed by atoms with E-state index in [0.29, 0.717) is 18.7 Å². The summed E-state index contributed by atoms with van der Waals surface area (Å²) in [7, 11) is 0. The van der Waals surface area contributed by atoms with E-state index >= 15 is 0 Å². The van der Waals surface area contributed by atoms with Crippen molar-refractivity contribution in [3.8, 4) is 0 Å². The van der Waals surface area contributed by atoms with E-state index in [1.807, 2.05) is 12.1 Å². The van der Waals surface area contributed by atoms with Crippen LogP contribution in [-0.4, -0.2) is 61.5 Å². The summed E-state index contributed by atoms with van der Waals surface area (Å²) < 4.78 is 6.07. The van der Waals surface area contributed by atoms with Crippen molar-refractivity contribution in [2.45, 2.75) is 25.9 Å². The number of fused-ring (bicyclic) bond motifs is 1. The van der Waals surface area contributed by atoms with Crippen molar-refractivity contribution >= 4 is 5.78 Å². The molecule has 0 aromatic heterocycles. The monoisotopic (exact) mass is 378 g/mol. The number of Topliss-reactive ketones (excluding diaryl/α,β-unsaturated/α-hetero) is 1. The van der Waals surface area contributed by atoms with Gasteiger partial charge in [-0.3, -0.25) is 14.6 Å². The van der Waals surface area contributed by atoms with E-state index in [1.165, 1.54) is 16.7 Å². The number of rotatable bonds is 6. The van der Waals surface area contributed by atoms with Crippen LogP contribution < -0.4 is 0 Å². The van der Waals surface area contributed by atoms with E-state index in [2.05, 4.69) is 53.1 Å². The summed E-state index contributed by atoms with van der Waals surface area (Å²) in [4.78, 5) is 17.3. The lowest BCUT2D eigenvalue weighted by atomic mass is 9.97. The number of nitrogens with zero attached hydrogens (tertiary/aromatic N) is 2. The Balaban J connectivity index is 1.25. The number of hydrogen-bond acceptors (Lipinski definition) is 4. The van der Waals surface area contributed by atoms with Crippen LogP contribution in [0.2, 0.25) is 0 Å². The lowest BCUT2D eigenvalue weighted by molar-refractivity contribution is -0.120. The predicted molar refractivity (Wildman–Crippen MR) is 112 cm³/mol. The summed E-state index contributed by atoms with van der Waals surface area (Å²) in [5.41, 5.74) is 5.14. The molecular formula is C24H30N2O2. The largest absolute Gasteiger partial charge is 0.372 e. The molecule has 0 amide bonds. The van der Waals surface area contributed by atoms with Crippen LogP contribution in [0, 0.1) is 6.92 Å². The fourth-order valence-electron chi connectivity index (χ4n) is 4.32. The molecule has 4 heteroatoms. The third-order valence-electron chi connectivity index (χ3n) is 6.03. The van der Waals surface area contributed by atoms with Crippen molar-refractivity contribution in [3.05, 3.63) is 70.8 Å². The first-order valence-electron chi connectivity index (χ1n) is 10.4. The first-order valence-corrected chi connectivity index (χ1v) is 10.4. The van der Waals surface area contributed by atoms with Gasteiger partial charge in [0.15, 0.2) is 5.78 Å². The Labute approximate surface area is 168 Å². The number of piperazine rings is 1. The first kappa shape index (κ1) is 19.3. The minimum absolute atomic E-state index is 0.180. The van der Waals surface area contributed by atoms with Gasteiger partial charge in [-0.15, -0.1) is 0 Å². The molecule has 1 saturated heterocycles. The smallest absolute Gasteiger partial charge is 0.151 e. The molecule has 0 N–H and O–H groups in total. The molecule has 0 saturated carbocycles. The van der Waals surface area contributed by atoms with E-state index in [1.54, 1.807) is 0 Å². The lowest BCUT2D eigenvalue weighted by Crippen LogP contribution is -2.49. The van der Waals surface area contributed by atoms with E-state index in [9.17, 15) is 4.79 Å². The Bertz CT molecular complexity index is 812. The van der Waals surface area contributed by atoms with Crippen LogP contribution in [0.3, 0.4) is 0 Å². The average molecular weight is 379 g/mol. The topological polar surface area (TPSA) is 32.8 Å². The van der Waals surface area contributed by atoms with Gasteiger partial charge in [-0.2, -0.15) is 0 Å². The molecule has 2 aliphatic rings. The van der Waals surface area contributed by atoms with Crippen LogP contribution in [0.25, 0.3) is 0 Å². The van der Waals surface area contributed by atoms with Crippen molar-refractivity contribution in [2.75, 3.05) is 45.9 Å². The highest BCUT2D eigenvalue weighted by atomic mass is 16.5. The van der Waals surface area contributed by atoms with Crippen molar-refractivity contribution < 1.29 is 9.53 Å². The van der Waals surface area contributed by atoms with Crippen LogP contribution >= 0.6 is 0 Å². The highest BCUT2D eigenvalue weighted by Crippen LogP contribution is 2.27. The number of benzene rings is 2. The minimum atomic E-state index is 0.180. The molecule has 0 bridgehead atoms. The highest BCUT2D eigenvalue weighted by molar-refractivity contribution is 5.83. The van der Waals surface area contributed by atoms with Crippen LogP contribution in [0.15, 0.2) is 48.5 Å². The summed E-state index contributed by atoms with van der Waals surface area (Å²) in [5, 5.41) is 0. The second-order valence-corrected chi connectivity index (χ2v) is 8.03. The molecule has 148 valence electrons. The summed E-state index contributed by atoms with van der Waals surface area (Å²) in [6, 6.07) is 16.8. The van der Waals surface area contributed by atoms with Crippen LogP contribution in [-0.2, 0) is 22.4 Å². The third-order valence-corrected chi connectivity index (χ3v) is 6.03. The molecule has 1 fully saturated rings. The number of carbonyl (C=O) groups excluding carboxylic acids is 1. The maximum atomic E-state index is 12.5. The van der Waals surface area contributed by atoms with Gasteiger partial charge in [-0.05, 0) is 35.6 Å². The number of ketones is 1. The zero-order valence-electron chi connectivity index (χ0n) is 16.8. The number of carbonyl (C=O) groups is 1. The normalized spacial score (nSPS) is 20.7. The highest BCUT2D eigenvalue weighted by Gasteiger charge is 2.25. The second kappa shape index (κ2) is 8.99. The van der Waals surface area contributed by atoms with Gasteiger partial charge in [0.05, 0.1) is 19.3 Å². The molecule has 4 rings (SSSR count). The Morgan fingerprint density at radius 2 is 1.71 bits per heavy atom. The molecule has 4 nitrogen and oxygen atoms in total. The zero-order valence-corrected chi connectivity index (χ0v) is 16.8. The molecule has 0 spiro atoms. The molecule has 0 radical (unpaired) electrons. The second-order valence-electron chi connectivity index (χ2n) is 8.03. The summed E-state index contributed by atoms with van der Waals surface area (Å²) >= 11 is 0. The Hall–Kier alpha value is -2.01. The molecule has 2 aliphatic heterocycles. The van der Waals surface area contributed by atoms with Crippen LogP contribution in [0.1, 0.15) is 28.4 Å². The average Bonchev–Trinajstić information content (AvgIpc) is 2.71. The van der Waals surface area contributed by atoms with Gasteiger partial charge in [-0.25, -0.2) is 0 Å². The van der Waals surface area contributed by atoms with Crippen molar-refractivity contribution in [3.63, 3.8) is 0 Å². The molecule has 1 unspecified atom stereocenters. The standard InChI is InChI=1S/C24H30N2O2/c1-19-6-2-3-8-21(19)16-22(27)17-25-11-13-26(14-12-25)18-24-23-9-5-4-7-20(23)10-15-28-24/h2-9,24H,10-18H2,1H3. The summed E-state index contributed by atoms with van der Waals surface area (Å²) in [6.07, 6.45) is 1.74. The Kier molecular flexibility index (Phi) is 6.20. The van der Waals surface area contributed by atoms with Crippen molar-refractivity contribution in [2.24, 2.45) is 0 Å². The van der Waals surface area contributed by atoms with Gasteiger partial charge in [0.2, 0.25) is 0 Å². The van der Waals surface area contributed by atoms with Gasteiger partial charge >= 0.3 is 0 Å². The molecule has 2 aromatic carbocycles. The third kappa shape index (κ3) is 4.69. The van der Waals surface area contributed by atoms with E-state index in [-0.39, 0.29) is 6.10 Å². The molecular weight excluding hydrogens is 348 g/mol. The van der Waals surface area contributed by atoms with Crippen molar-refractivity contribution in [1.29, 1.82) is 0 Å². The summed E-state index contributed by atoms with van der Waals surface area (Å²) in [5.74, 6) is 0.312. The number of aryl methyl sites for hydroxylation is 1. The molecule has 2 aromatic rings. The van der Waals surface area contributed by atoms with Gasteiger partial charge < -0.3 is 4.74 Å². The quantitative estimate of drug-likeness (QED) is 0.774. The molecule has 1 atom stereocenters. The van der Waals surface area contributed by atoms with Gasteiger partial charge in [0, 0.05) is 39.1 Å². The number of hydrogen-bond donors (Lipinski definition) is 0. The minimum Gasteiger partial charge on any atom is -0.372 e. The molecule has 0 aliphatic carbocycles. The van der Waals surface area contributed by atoms with Crippen molar-refractivity contribution in [1.82, 2.24) is 9.80 Å². The van der Waals surface area contributed by atoms with E-state index < -0.39 is 0 Å². The first-order chi connectivity index (χ1) is 13.7. The SMILES string of the molecule is Cc1ccccc1CC(=O)CN1CCN(CC2OCCc3ccccc32)CC1. The van der Waals surface area contributed by atoms with Crippen LogP contribution in [0.5, 0.6) is 0 Å². The van der Waals surface area contributed by atoms with Gasteiger partial charge in [0.1, 0.15) is 0 Å². The van der Waals surface area contributed by atoms with Gasteiger partial charge in [-0.1, -0.05) is 48.5 Å². The molecule has 2 heterocycles. The maximum Gasteiger partial charge on any atom is 0.151 e. The number of ether oxygens (including phenoxy) is 1. The molecule has 28 heavy (non-hydrogen) atoms. The fraction of sp³-hybridized carbons (Fsp3) is 0.458. The van der Waals surface area contributed by atoms with Crippen LogP contribution in [0.4, 0.5) is 0 Å². The maximum absolute atomic E-state index is 12.5. The zero-order chi connectivity index (χ0) is 19.3. The lowest BCUT2D eigenvalue weighted by Gasteiger charge is -2.37. The predicted octanol–water partition coefficient (Wildman–Crippen LogP) is 3.04. The van der Waals surface area contributed by atoms with E-state index in [0.717, 1.165) is 51.3 Å². The Morgan fingerprint density at radius 1 is 1.00 bits per heavy atom. The van der Waals surface area contributed by atoms with E-state index in [4.69, 9.17) is 4.74 Å². The summed E-state index contributed by atoms with van der Waals surface area (Å²) in [6.45, 7) is 8.30.